The molecule has 0 unspecified atom stereocenters. The van der Waals surface area contributed by atoms with E-state index >= 15 is 0 Å². The van der Waals surface area contributed by atoms with Crippen molar-refractivity contribution in [3.63, 3.8) is 0 Å². The maximum Gasteiger partial charge on any atom is 0.319 e. The van der Waals surface area contributed by atoms with E-state index in [1.54, 1.807) is 19.1 Å². The molecule has 0 spiro atoms. The summed E-state index contributed by atoms with van der Waals surface area (Å²) < 4.78 is 0.895. The second-order valence-electron chi connectivity index (χ2n) is 5.32. The normalized spacial score (nSPS) is 17.5. The van der Waals surface area contributed by atoms with Gasteiger partial charge in [0, 0.05) is 21.3 Å². The van der Waals surface area contributed by atoms with Crippen molar-refractivity contribution in [2.45, 2.75) is 13.0 Å². The molecule has 2 aromatic rings. The van der Waals surface area contributed by atoms with E-state index in [9.17, 15) is 9.59 Å². The van der Waals surface area contributed by atoms with Crippen LogP contribution >= 0.6 is 15.9 Å². The summed E-state index contributed by atoms with van der Waals surface area (Å²) >= 11 is 3.43. The van der Waals surface area contributed by atoms with Crippen LogP contribution in [0.4, 0.5) is 4.79 Å². The van der Waals surface area contributed by atoms with E-state index in [-0.39, 0.29) is 11.8 Å². The maximum absolute atomic E-state index is 12.9. The fourth-order valence-corrected chi connectivity index (χ4v) is 3.09. The van der Waals surface area contributed by atoms with Gasteiger partial charge >= 0.3 is 6.03 Å². The van der Waals surface area contributed by atoms with E-state index in [4.69, 9.17) is 0 Å². The minimum atomic E-state index is -0.478. The van der Waals surface area contributed by atoms with Gasteiger partial charge in [-0.05, 0) is 24.6 Å². The number of hydrogen-bond acceptors (Lipinski definition) is 2. The Hall–Kier alpha value is -2.40. The predicted octanol–water partition coefficient (Wildman–Crippen LogP) is 3.96. The minimum absolute atomic E-state index is 0.0967. The number of carbonyl (C=O) groups is 2. The van der Waals surface area contributed by atoms with Gasteiger partial charge in [-0.1, -0.05) is 58.4 Å². The summed E-state index contributed by atoms with van der Waals surface area (Å²) in [6, 6.07) is 15.9. The van der Waals surface area contributed by atoms with Gasteiger partial charge < -0.3 is 10.6 Å². The van der Waals surface area contributed by atoms with Gasteiger partial charge in [0.15, 0.2) is 5.78 Å². The van der Waals surface area contributed by atoms with Crippen molar-refractivity contribution in [2.75, 3.05) is 0 Å². The largest absolute Gasteiger partial charge is 0.327 e. The van der Waals surface area contributed by atoms with Crippen molar-refractivity contribution in [1.29, 1.82) is 0 Å². The lowest BCUT2D eigenvalue weighted by molar-refractivity contribution is 0.102. The third kappa shape index (κ3) is 3.19. The Balaban J connectivity index is 2.08. The second kappa shape index (κ2) is 6.38. The van der Waals surface area contributed by atoms with Crippen LogP contribution in [-0.2, 0) is 0 Å². The Morgan fingerprint density at radius 2 is 1.83 bits per heavy atom. The van der Waals surface area contributed by atoms with Crippen LogP contribution in [0.5, 0.6) is 0 Å². The van der Waals surface area contributed by atoms with Crippen LogP contribution in [0, 0.1) is 0 Å². The first kappa shape index (κ1) is 15.5. The molecular formula is C18H15BrN2O2. The van der Waals surface area contributed by atoms with E-state index in [0.717, 1.165) is 10.0 Å². The molecule has 0 bridgehead atoms. The number of nitrogens with one attached hydrogen (secondary N) is 2. The lowest BCUT2D eigenvalue weighted by Gasteiger charge is -2.28. The summed E-state index contributed by atoms with van der Waals surface area (Å²) in [6.45, 7) is 1.75. The van der Waals surface area contributed by atoms with Gasteiger partial charge in [0.25, 0.3) is 0 Å². The van der Waals surface area contributed by atoms with Gasteiger partial charge in [-0.15, -0.1) is 0 Å². The first-order valence-corrected chi connectivity index (χ1v) is 7.99. The third-order valence-corrected chi connectivity index (χ3v) is 4.23. The van der Waals surface area contributed by atoms with Crippen molar-refractivity contribution in [2.24, 2.45) is 0 Å². The first-order chi connectivity index (χ1) is 11.1. The molecule has 0 radical (unpaired) electrons. The zero-order valence-corrected chi connectivity index (χ0v) is 14.1. The van der Waals surface area contributed by atoms with Crippen LogP contribution in [0.3, 0.4) is 0 Å². The van der Waals surface area contributed by atoms with Gasteiger partial charge in [-0.2, -0.15) is 0 Å². The van der Waals surface area contributed by atoms with Crippen molar-refractivity contribution < 1.29 is 9.59 Å². The molecule has 1 aliphatic rings. The highest BCUT2D eigenvalue weighted by molar-refractivity contribution is 9.10. The van der Waals surface area contributed by atoms with Crippen LogP contribution in [-0.4, -0.2) is 11.8 Å². The summed E-state index contributed by atoms with van der Waals surface area (Å²) in [5.41, 5.74) is 2.58. The minimum Gasteiger partial charge on any atom is -0.327 e. The number of benzene rings is 2. The maximum atomic E-state index is 12.9. The van der Waals surface area contributed by atoms with E-state index < -0.39 is 6.04 Å². The van der Waals surface area contributed by atoms with Crippen molar-refractivity contribution in [1.82, 2.24) is 10.6 Å². The number of ketones is 1. The Kier molecular flexibility index (Phi) is 4.30. The molecule has 5 heteroatoms. The summed E-state index contributed by atoms with van der Waals surface area (Å²) in [6.07, 6.45) is 0. The van der Waals surface area contributed by atoms with Gasteiger partial charge in [-0.25, -0.2) is 4.79 Å². The van der Waals surface area contributed by atoms with Crippen molar-refractivity contribution in [3.8, 4) is 0 Å². The molecule has 0 aromatic heterocycles. The zero-order chi connectivity index (χ0) is 16.4. The van der Waals surface area contributed by atoms with E-state index in [1.807, 2.05) is 42.5 Å². The van der Waals surface area contributed by atoms with Crippen LogP contribution in [0.15, 0.2) is 70.3 Å². The standard InChI is InChI=1S/C18H15BrN2O2/c1-11-15(17(22)12-6-3-2-4-7-12)16(21-18(23)20-11)13-8-5-9-14(19)10-13/h2-10,16H,1H3,(H2,20,21,23)/t16-/m0/s1. The van der Waals surface area contributed by atoms with E-state index in [1.165, 1.54) is 0 Å². The molecule has 0 aliphatic carbocycles. The SMILES string of the molecule is CC1=C(C(=O)c2ccccc2)[C@H](c2cccc(Br)c2)NC(=O)N1. The Labute approximate surface area is 142 Å². The molecule has 0 fully saturated rings. The highest BCUT2D eigenvalue weighted by atomic mass is 79.9. The number of hydrogen-bond donors (Lipinski definition) is 2. The average Bonchev–Trinajstić information content (AvgIpc) is 2.54. The van der Waals surface area contributed by atoms with Crippen LogP contribution in [0.25, 0.3) is 0 Å². The molecule has 1 aliphatic heterocycles. The lowest BCUT2D eigenvalue weighted by Crippen LogP contribution is -2.45. The molecule has 2 amide bonds. The summed E-state index contributed by atoms with van der Waals surface area (Å²) in [4.78, 5) is 24.8. The smallest absolute Gasteiger partial charge is 0.319 e. The summed E-state index contributed by atoms with van der Waals surface area (Å²) in [5.74, 6) is -0.0967. The summed E-state index contributed by atoms with van der Waals surface area (Å²) in [7, 11) is 0. The van der Waals surface area contributed by atoms with Crippen LogP contribution in [0.1, 0.15) is 28.9 Å². The number of Topliss-reactive ketones (excluding diaryl/α,β-unsaturated/α-hetero) is 1. The molecule has 1 heterocycles. The Bertz CT molecular complexity index is 800. The van der Waals surface area contributed by atoms with Gasteiger partial charge in [0.1, 0.15) is 0 Å². The number of amides is 2. The Morgan fingerprint density at radius 1 is 1.09 bits per heavy atom. The molecule has 2 aromatic carbocycles. The molecule has 2 N–H and O–H groups in total. The fraction of sp³-hybridized carbons (Fsp3) is 0.111. The highest BCUT2D eigenvalue weighted by Crippen LogP contribution is 2.30. The lowest BCUT2D eigenvalue weighted by atomic mass is 9.90. The molecule has 23 heavy (non-hydrogen) atoms. The highest BCUT2D eigenvalue weighted by Gasteiger charge is 2.31. The van der Waals surface area contributed by atoms with Crippen LogP contribution < -0.4 is 10.6 Å². The second-order valence-corrected chi connectivity index (χ2v) is 6.24. The predicted molar refractivity (Wildman–Crippen MR) is 92.0 cm³/mol. The van der Waals surface area contributed by atoms with Crippen molar-refractivity contribution in [3.05, 3.63) is 81.5 Å². The van der Waals surface area contributed by atoms with Gasteiger partial charge in [0.05, 0.1) is 6.04 Å². The monoisotopic (exact) mass is 370 g/mol. The van der Waals surface area contributed by atoms with Gasteiger partial charge in [-0.3, -0.25) is 4.79 Å². The summed E-state index contributed by atoms with van der Waals surface area (Å²) in [5, 5.41) is 5.53. The number of allylic oxidation sites excluding steroid dienone is 1. The molecule has 0 saturated heterocycles. The Morgan fingerprint density at radius 3 is 2.52 bits per heavy atom. The average molecular weight is 371 g/mol. The first-order valence-electron chi connectivity index (χ1n) is 7.20. The number of carbonyl (C=O) groups excluding carboxylic acids is 2. The molecule has 1 atom stereocenters. The zero-order valence-electron chi connectivity index (χ0n) is 12.5. The number of urea groups is 1. The molecule has 116 valence electrons. The van der Waals surface area contributed by atoms with Crippen molar-refractivity contribution >= 4 is 27.7 Å². The molecule has 0 saturated carbocycles. The van der Waals surface area contributed by atoms with E-state index in [2.05, 4.69) is 26.6 Å². The molecule has 4 nitrogen and oxygen atoms in total. The number of halogens is 1. The topological polar surface area (TPSA) is 58.2 Å². The van der Waals surface area contributed by atoms with Gasteiger partial charge in [0.2, 0.25) is 0 Å². The third-order valence-electron chi connectivity index (χ3n) is 3.73. The molecule has 3 rings (SSSR count). The molecular weight excluding hydrogens is 356 g/mol. The quantitative estimate of drug-likeness (QED) is 0.803. The van der Waals surface area contributed by atoms with Crippen LogP contribution in [0.2, 0.25) is 0 Å². The number of rotatable bonds is 3. The van der Waals surface area contributed by atoms with E-state index in [0.29, 0.717) is 16.8 Å². The fourth-order valence-electron chi connectivity index (χ4n) is 2.68.